The minimum Gasteiger partial charge on any atom is -0.467 e. The van der Waals surface area contributed by atoms with Gasteiger partial charge in [-0.2, -0.15) is 0 Å². The molecule has 7 nitrogen and oxygen atoms in total. The van der Waals surface area contributed by atoms with Crippen LogP contribution in [0.1, 0.15) is 12.7 Å². The van der Waals surface area contributed by atoms with Gasteiger partial charge < -0.3 is 9.73 Å². The predicted molar refractivity (Wildman–Crippen MR) is 65.0 cm³/mol. The third-order valence-electron chi connectivity index (χ3n) is 2.09. The third-order valence-corrected chi connectivity index (χ3v) is 3.05. The summed E-state index contributed by atoms with van der Waals surface area (Å²) in [5, 5.41) is 14.6. The van der Waals surface area contributed by atoms with Crippen LogP contribution in [0.25, 0.3) is 0 Å². The smallest absolute Gasteiger partial charge is 0.230 e. The van der Waals surface area contributed by atoms with Gasteiger partial charge in [-0.1, -0.05) is 11.8 Å². The molecule has 18 heavy (non-hydrogen) atoms. The van der Waals surface area contributed by atoms with E-state index in [1.165, 1.54) is 11.8 Å². The Balaban J connectivity index is 1.93. The lowest BCUT2D eigenvalue weighted by molar-refractivity contribution is -0.118. The Bertz CT molecular complexity index is 496. The lowest BCUT2D eigenvalue weighted by Crippen LogP contribution is -2.24. The number of carbonyl (C=O) groups is 1. The van der Waals surface area contributed by atoms with Crippen molar-refractivity contribution in [2.75, 3.05) is 12.3 Å². The fourth-order valence-corrected chi connectivity index (χ4v) is 2.03. The van der Waals surface area contributed by atoms with E-state index < -0.39 is 0 Å². The summed E-state index contributed by atoms with van der Waals surface area (Å²) in [6.45, 7) is 2.96. The highest BCUT2D eigenvalue weighted by Gasteiger charge is 2.10. The van der Waals surface area contributed by atoms with Crippen LogP contribution in [0, 0.1) is 0 Å². The molecule has 0 aliphatic heterocycles. The molecule has 2 heterocycles. The number of amides is 1. The van der Waals surface area contributed by atoms with E-state index in [9.17, 15) is 4.79 Å². The second-order valence-electron chi connectivity index (χ2n) is 3.44. The second-order valence-corrected chi connectivity index (χ2v) is 4.38. The fraction of sp³-hybridized carbons (Fsp3) is 0.400. The normalized spacial score (nSPS) is 10.5. The number of hydrogen-bond acceptors (Lipinski definition) is 6. The van der Waals surface area contributed by atoms with Gasteiger partial charge in [-0.15, -0.1) is 5.10 Å². The first-order valence-corrected chi connectivity index (χ1v) is 6.46. The van der Waals surface area contributed by atoms with Crippen LogP contribution in [-0.4, -0.2) is 38.4 Å². The zero-order chi connectivity index (χ0) is 12.8. The molecule has 0 aliphatic rings. The van der Waals surface area contributed by atoms with E-state index in [0.717, 1.165) is 5.76 Å². The molecule has 0 atom stereocenters. The zero-order valence-corrected chi connectivity index (χ0v) is 10.7. The SMILES string of the molecule is CCNC(=O)CSc1nnnn1Cc1ccco1. The van der Waals surface area contributed by atoms with Gasteiger partial charge in [0.15, 0.2) is 0 Å². The van der Waals surface area contributed by atoms with Gasteiger partial charge in [-0.05, 0) is 29.5 Å². The topological polar surface area (TPSA) is 85.8 Å². The number of rotatable bonds is 6. The van der Waals surface area contributed by atoms with E-state index in [4.69, 9.17) is 4.42 Å². The molecule has 0 aromatic carbocycles. The van der Waals surface area contributed by atoms with Gasteiger partial charge >= 0.3 is 0 Å². The van der Waals surface area contributed by atoms with Gasteiger partial charge in [0.25, 0.3) is 0 Å². The van der Waals surface area contributed by atoms with Crippen LogP contribution in [0.3, 0.4) is 0 Å². The molecule has 0 aliphatic carbocycles. The standard InChI is InChI=1S/C10H13N5O2S/c1-2-11-9(16)7-18-10-12-13-14-15(10)6-8-4-3-5-17-8/h3-5H,2,6-7H2,1H3,(H,11,16). The number of furan rings is 1. The van der Waals surface area contributed by atoms with E-state index in [1.54, 1.807) is 17.0 Å². The van der Waals surface area contributed by atoms with E-state index in [-0.39, 0.29) is 5.91 Å². The minimum atomic E-state index is -0.0324. The van der Waals surface area contributed by atoms with Crippen molar-refractivity contribution < 1.29 is 9.21 Å². The van der Waals surface area contributed by atoms with Gasteiger partial charge in [0, 0.05) is 6.54 Å². The van der Waals surface area contributed by atoms with Gasteiger partial charge in [-0.25, -0.2) is 4.68 Å². The first kappa shape index (κ1) is 12.6. The van der Waals surface area contributed by atoms with Crippen LogP contribution in [0.5, 0.6) is 0 Å². The number of tetrazole rings is 1. The fourth-order valence-electron chi connectivity index (χ4n) is 1.33. The van der Waals surface area contributed by atoms with Crippen LogP contribution in [0.15, 0.2) is 28.0 Å². The molecule has 2 aromatic rings. The Morgan fingerprint density at radius 2 is 2.50 bits per heavy atom. The average Bonchev–Trinajstić information content (AvgIpc) is 2.99. The van der Waals surface area contributed by atoms with Crippen LogP contribution < -0.4 is 5.32 Å². The summed E-state index contributed by atoms with van der Waals surface area (Å²) in [7, 11) is 0. The number of carbonyl (C=O) groups excluding carboxylic acids is 1. The molecule has 0 saturated carbocycles. The maximum atomic E-state index is 11.3. The zero-order valence-electron chi connectivity index (χ0n) is 9.87. The molecule has 0 bridgehead atoms. The largest absolute Gasteiger partial charge is 0.467 e. The van der Waals surface area contributed by atoms with Gasteiger partial charge in [0.1, 0.15) is 12.3 Å². The maximum Gasteiger partial charge on any atom is 0.230 e. The number of aromatic nitrogens is 4. The number of nitrogens with zero attached hydrogens (tertiary/aromatic N) is 4. The number of hydrogen-bond donors (Lipinski definition) is 1. The van der Waals surface area contributed by atoms with Crippen LogP contribution in [-0.2, 0) is 11.3 Å². The highest BCUT2D eigenvalue weighted by Crippen LogP contribution is 2.14. The highest BCUT2D eigenvalue weighted by molar-refractivity contribution is 7.99. The van der Waals surface area contributed by atoms with Crippen molar-refractivity contribution in [2.45, 2.75) is 18.6 Å². The van der Waals surface area contributed by atoms with Crippen molar-refractivity contribution in [1.29, 1.82) is 0 Å². The molecule has 0 unspecified atom stereocenters. The van der Waals surface area contributed by atoms with Crippen LogP contribution >= 0.6 is 11.8 Å². The van der Waals surface area contributed by atoms with Crippen molar-refractivity contribution in [3.8, 4) is 0 Å². The minimum absolute atomic E-state index is 0.0324. The Labute approximate surface area is 108 Å². The summed E-state index contributed by atoms with van der Waals surface area (Å²) in [5.41, 5.74) is 0. The second kappa shape index (κ2) is 6.20. The van der Waals surface area contributed by atoms with E-state index in [1.807, 2.05) is 13.0 Å². The monoisotopic (exact) mass is 267 g/mol. The van der Waals surface area contributed by atoms with Crippen molar-refractivity contribution >= 4 is 17.7 Å². The van der Waals surface area contributed by atoms with Crippen molar-refractivity contribution in [1.82, 2.24) is 25.5 Å². The maximum absolute atomic E-state index is 11.3. The number of nitrogens with one attached hydrogen (secondary N) is 1. The molecule has 8 heteroatoms. The van der Waals surface area contributed by atoms with Crippen molar-refractivity contribution in [3.05, 3.63) is 24.2 Å². The van der Waals surface area contributed by atoms with Crippen molar-refractivity contribution in [2.24, 2.45) is 0 Å². The molecule has 2 aromatic heterocycles. The molecule has 1 amide bonds. The molecule has 2 rings (SSSR count). The summed E-state index contributed by atoms with van der Waals surface area (Å²) in [5.74, 6) is 1.03. The Morgan fingerprint density at radius 1 is 1.61 bits per heavy atom. The first-order chi connectivity index (χ1) is 8.79. The summed E-state index contributed by atoms with van der Waals surface area (Å²) in [4.78, 5) is 11.3. The first-order valence-electron chi connectivity index (χ1n) is 5.47. The number of thioether (sulfide) groups is 1. The summed E-state index contributed by atoms with van der Waals surface area (Å²) < 4.78 is 6.82. The van der Waals surface area contributed by atoms with Gasteiger partial charge in [0.05, 0.1) is 12.0 Å². The van der Waals surface area contributed by atoms with Gasteiger partial charge in [0.2, 0.25) is 11.1 Å². The lowest BCUT2D eigenvalue weighted by Gasteiger charge is -2.02. The average molecular weight is 267 g/mol. The molecule has 0 saturated heterocycles. The molecular weight excluding hydrogens is 254 g/mol. The van der Waals surface area contributed by atoms with E-state index in [0.29, 0.717) is 24.0 Å². The summed E-state index contributed by atoms with van der Waals surface area (Å²) in [6.07, 6.45) is 1.60. The quantitative estimate of drug-likeness (QED) is 0.769. The molecule has 0 radical (unpaired) electrons. The van der Waals surface area contributed by atoms with E-state index >= 15 is 0 Å². The highest BCUT2D eigenvalue weighted by atomic mass is 32.2. The van der Waals surface area contributed by atoms with Gasteiger partial charge in [-0.3, -0.25) is 4.79 Å². The van der Waals surface area contributed by atoms with E-state index in [2.05, 4.69) is 20.8 Å². The van der Waals surface area contributed by atoms with Crippen LogP contribution in [0.2, 0.25) is 0 Å². The van der Waals surface area contributed by atoms with Crippen LogP contribution in [0.4, 0.5) is 0 Å². The van der Waals surface area contributed by atoms with Crippen molar-refractivity contribution in [3.63, 3.8) is 0 Å². The Morgan fingerprint density at radius 3 is 3.22 bits per heavy atom. The summed E-state index contributed by atoms with van der Waals surface area (Å²) in [6, 6.07) is 3.65. The Kier molecular flexibility index (Phi) is 4.35. The molecule has 0 fully saturated rings. The predicted octanol–water partition coefficient (Wildman–Crippen LogP) is 0.543. The molecule has 1 N–H and O–H groups in total. The molecule has 96 valence electrons. The lowest BCUT2D eigenvalue weighted by atomic mass is 10.4. The summed E-state index contributed by atoms with van der Waals surface area (Å²) >= 11 is 1.30. The molecule has 0 spiro atoms. The molecular formula is C10H13N5O2S. The Hall–Kier alpha value is -1.83. The third kappa shape index (κ3) is 3.33.